The van der Waals surface area contributed by atoms with Gasteiger partial charge in [0.05, 0.1) is 5.69 Å². The molecule has 1 N–H and O–H groups in total. The summed E-state index contributed by atoms with van der Waals surface area (Å²) in [5, 5.41) is 7.48. The van der Waals surface area contributed by atoms with Gasteiger partial charge in [-0.1, -0.05) is 22.8 Å². The summed E-state index contributed by atoms with van der Waals surface area (Å²) < 4.78 is 4.91. The number of aryl methyl sites for hydroxylation is 2. The Kier molecular flexibility index (Phi) is 6.46. The Morgan fingerprint density at radius 2 is 1.82 bits per heavy atom. The van der Waals surface area contributed by atoms with Crippen LogP contribution in [-0.2, 0) is 11.2 Å². The minimum atomic E-state index is -0.195. The first kappa shape index (κ1) is 20.5. The highest BCUT2D eigenvalue weighted by atomic mass is 35.5. The van der Waals surface area contributed by atoms with Crippen LogP contribution in [0, 0.1) is 13.8 Å². The molecule has 0 radical (unpaired) electrons. The zero-order valence-electron chi connectivity index (χ0n) is 15.8. The number of halogens is 2. The number of nitrogens with one attached hydrogen (secondary N) is 1. The lowest BCUT2D eigenvalue weighted by Gasteiger charge is -2.34. The van der Waals surface area contributed by atoms with Crippen molar-refractivity contribution in [1.82, 2.24) is 15.0 Å². The number of aromatic nitrogens is 1. The molecular weight excluding hydrogens is 403 g/mol. The molecule has 0 saturated carbocycles. The maximum atomic E-state index is 12.5. The highest BCUT2D eigenvalue weighted by molar-refractivity contribution is 6.31. The van der Waals surface area contributed by atoms with E-state index in [9.17, 15) is 9.59 Å². The second kappa shape index (κ2) is 8.84. The molecule has 1 fully saturated rings. The Hall–Kier alpha value is -2.25. The zero-order chi connectivity index (χ0) is 20.3. The second-order valence-corrected chi connectivity index (χ2v) is 7.53. The summed E-state index contributed by atoms with van der Waals surface area (Å²) in [7, 11) is 0. The normalized spacial score (nSPS) is 14.3. The number of hydrogen-bond acceptors (Lipinski definition) is 4. The molecule has 0 aliphatic carbocycles. The average Bonchev–Trinajstić information content (AvgIpc) is 3.00. The fraction of sp³-hybridized carbons (Fsp3) is 0.421. The molecule has 7 nitrogen and oxygen atoms in total. The van der Waals surface area contributed by atoms with Gasteiger partial charge in [0.2, 0.25) is 11.1 Å². The van der Waals surface area contributed by atoms with Gasteiger partial charge in [0.25, 0.3) is 0 Å². The molecule has 0 bridgehead atoms. The molecule has 2 heterocycles. The molecule has 1 aromatic carbocycles. The Balaban J connectivity index is 1.47. The Labute approximate surface area is 173 Å². The van der Waals surface area contributed by atoms with Gasteiger partial charge in [-0.2, -0.15) is 0 Å². The molecule has 2 aromatic rings. The number of benzene rings is 1. The molecule has 1 aliphatic heterocycles. The number of piperazine rings is 1. The van der Waals surface area contributed by atoms with Crippen molar-refractivity contribution in [3.8, 4) is 0 Å². The monoisotopic (exact) mass is 424 g/mol. The first-order valence-electron chi connectivity index (χ1n) is 9.05. The smallest absolute Gasteiger partial charge is 0.321 e. The van der Waals surface area contributed by atoms with Gasteiger partial charge in [-0.05, 0) is 49.6 Å². The van der Waals surface area contributed by atoms with Gasteiger partial charge < -0.3 is 19.6 Å². The molecule has 150 valence electrons. The topological polar surface area (TPSA) is 78.7 Å². The third-order valence-corrected chi connectivity index (χ3v) is 5.57. The van der Waals surface area contributed by atoms with Gasteiger partial charge in [-0.25, -0.2) is 4.79 Å². The largest absolute Gasteiger partial charge is 0.344 e. The van der Waals surface area contributed by atoms with Crippen LogP contribution in [-0.4, -0.2) is 53.1 Å². The maximum Gasteiger partial charge on any atom is 0.321 e. The summed E-state index contributed by atoms with van der Waals surface area (Å²) in [4.78, 5) is 28.3. The minimum absolute atomic E-state index is 0.0297. The van der Waals surface area contributed by atoms with E-state index in [0.29, 0.717) is 55.4 Å². The van der Waals surface area contributed by atoms with Crippen LogP contribution in [0.15, 0.2) is 22.7 Å². The Morgan fingerprint density at radius 3 is 2.43 bits per heavy atom. The van der Waals surface area contributed by atoms with Gasteiger partial charge in [0.15, 0.2) is 0 Å². The van der Waals surface area contributed by atoms with Crippen molar-refractivity contribution >= 4 is 40.8 Å². The van der Waals surface area contributed by atoms with Crippen molar-refractivity contribution in [3.05, 3.63) is 45.3 Å². The summed E-state index contributed by atoms with van der Waals surface area (Å²) in [5.74, 6) is 0.0297. The fourth-order valence-electron chi connectivity index (χ4n) is 3.06. The third kappa shape index (κ3) is 4.77. The van der Waals surface area contributed by atoms with E-state index in [0.717, 1.165) is 11.1 Å². The predicted octanol–water partition coefficient (Wildman–Crippen LogP) is 3.91. The summed E-state index contributed by atoms with van der Waals surface area (Å²) >= 11 is 12.0. The quantitative estimate of drug-likeness (QED) is 0.806. The van der Waals surface area contributed by atoms with Crippen molar-refractivity contribution in [2.45, 2.75) is 26.7 Å². The van der Waals surface area contributed by atoms with Crippen LogP contribution < -0.4 is 5.32 Å². The van der Waals surface area contributed by atoms with Crippen LogP contribution in [0.3, 0.4) is 0 Å². The zero-order valence-corrected chi connectivity index (χ0v) is 17.3. The molecule has 3 amide bonds. The van der Waals surface area contributed by atoms with E-state index in [4.69, 9.17) is 27.7 Å². The van der Waals surface area contributed by atoms with Gasteiger partial charge in [-0.3, -0.25) is 4.79 Å². The first-order valence-corrected chi connectivity index (χ1v) is 9.81. The molecule has 3 rings (SSSR count). The molecule has 1 aliphatic rings. The van der Waals surface area contributed by atoms with E-state index >= 15 is 0 Å². The SMILES string of the molecule is Cc1ccc(NC(=O)N2CCN(C(=O)CCc3c(C)noc3Cl)CC2)cc1Cl. The Morgan fingerprint density at radius 1 is 1.14 bits per heavy atom. The fourth-order valence-corrected chi connectivity index (χ4v) is 3.51. The second-order valence-electron chi connectivity index (χ2n) is 6.78. The predicted molar refractivity (Wildman–Crippen MR) is 108 cm³/mol. The molecule has 1 saturated heterocycles. The van der Waals surface area contributed by atoms with Crippen molar-refractivity contribution in [2.24, 2.45) is 0 Å². The molecule has 0 unspecified atom stereocenters. The van der Waals surface area contributed by atoms with E-state index in [-0.39, 0.29) is 17.2 Å². The average molecular weight is 425 g/mol. The molecule has 1 aromatic heterocycles. The lowest BCUT2D eigenvalue weighted by Crippen LogP contribution is -2.51. The molecule has 9 heteroatoms. The number of anilines is 1. The number of carbonyl (C=O) groups is 2. The first-order chi connectivity index (χ1) is 13.3. The summed E-state index contributed by atoms with van der Waals surface area (Å²) in [6.45, 7) is 5.65. The van der Waals surface area contributed by atoms with Gasteiger partial charge >= 0.3 is 6.03 Å². The van der Waals surface area contributed by atoms with Crippen molar-refractivity contribution in [1.29, 1.82) is 0 Å². The maximum absolute atomic E-state index is 12.5. The van der Waals surface area contributed by atoms with E-state index in [1.165, 1.54) is 0 Å². The third-order valence-electron chi connectivity index (χ3n) is 4.87. The van der Waals surface area contributed by atoms with Crippen molar-refractivity contribution in [2.75, 3.05) is 31.5 Å². The molecule has 28 heavy (non-hydrogen) atoms. The van der Waals surface area contributed by atoms with E-state index in [2.05, 4.69) is 10.5 Å². The summed E-state index contributed by atoms with van der Waals surface area (Å²) in [5.41, 5.74) is 3.08. The van der Waals surface area contributed by atoms with Crippen molar-refractivity contribution in [3.63, 3.8) is 0 Å². The number of carbonyl (C=O) groups excluding carboxylic acids is 2. The number of urea groups is 1. The lowest BCUT2D eigenvalue weighted by atomic mass is 10.1. The van der Waals surface area contributed by atoms with Gasteiger partial charge in [0.1, 0.15) is 0 Å². The standard InChI is InChI=1S/C19H22Cl2N4O3/c1-12-3-4-14(11-16(12)20)22-19(27)25-9-7-24(8-10-25)17(26)6-5-15-13(2)23-28-18(15)21/h3-4,11H,5-10H2,1-2H3,(H,22,27). The molecule has 0 atom stereocenters. The van der Waals surface area contributed by atoms with Crippen LogP contribution in [0.5, 0.6) is 0 Å². The van der Waals surface area contributed by atoms with Crippen LogP contribution in [0.1, 0.15) is 23.2 Å². The van der Waals surface area contributed by atoms with Crippen LogP contribution >= 0.6 is 23.2 Å². The van der Waals surface area contributed by atoms with Crippen LogP contribution in [0.2, 0.25) is 10.2 Å². The summed E-state index contributed by atoms with van der Waals surface area (Å²) in [6.07, 6.45) is 0.817. The number of hydrogen-bond donors (Lipinski definition) is 1. The van der Waals surface area contributed by atoms with Crippen molar-refractivity contribution < 1.29 is 14.1 Å². The van der Waals surface area contributed by atoms with E-state index in [1.807, 2.05) is 19.1 Å². The van der Waals surface area contributed by atoms with E-state index in [1.54, 1.807) is 22.8 Å². The number of rotatable bonds is 4. The van der Waals surface area contributed by atoms with Crippen LogP contribution in [0.4, 0.5) is 10.5 Å². The lowest BCUT2D eigenvalue weighted by molar-refractivity contribution is -0.132. The minimum Gasteiger partial charge on any atom is -0.344 e. The summed E-state index contributed by atoms with van der Waals surface area (Å²) in [6, 6.07) is 5.21. The highest BCUT2D eigenvalue weighted by Gasteiger charge is 2.24. The number of amides is 3. The van der Waals surface area contributed by atoms with Crippen LogP contribution in [0.25, 0.3) is 0 Å². The van der Waals surface area contributed by atoms with Gasteiger partial charge in [-0.15, -0.1) is 0 Å². The van der Waals surface area contributed by atoms with E-state index < -0.39 is 0 Å². The van der Waals surface area contributed by atoms with Gasteiger partial charge in [0, 0.05) is 48.9 Å². The highest BCUT2D eigenvalue weighted by Crippen LogP contribution is 2.22. The molecular formula is C19H22Cl2N4O3. The number of nitrogens with zero attached hydrogens (tertiary/aromatic N) is 3. The Bertz CT molecular complexity index is 857. The molecule has 0 spiro atoms.